The molecular formula is C25H31NO3Si. The van der Waals surface area contributed by atoms with Crippen LogP contribution >= 0.6 is 0 Å². The fraction of sp³-hybridized carbons (Fsp3) is 0.360. The first kappa shape index (κ1) is 23.4. The molecule has 0 bridgehead atoms. The first-order valence-electron chi connectivity index (χ1n) is 10.2. The predicted octanol–water partition coefficient (Wildman–Crippen LogP) is 4.83. The molecule has 0 fully saturated rings. The Morgan fingerprint density at radius 1 is 0.967 bits per heavy atom. The van der Waals surface area contributed by atoms with Crippen molar-refractivity contribution in [3.05, 3.63) is 71.8 Å². The number of aliphatic carboxylic acids is 1. The fourth-order valence-corrected chi connectivity index (χ4v) is 3.72. The van der Waals surface area contributed by atoms with E-state index in [0.717, 1.165) is 11.1 Å². The van der Waals surface area contributed by atoms with Crippen molar-refractivity contribution in [3.8, 4) is 11.5 Å². The Morgan fingerprint density at radius 3 is 1.83 bits per heavy atom. The summed E-state index contributed by atoms with van der Waals surface area (Å²) in [6, 6.07) is 17.7. The number of amides is 1. The van der Waals surface area contributed by atoms with Gasteiger partial charge in [0, 0.05) is 6.42 Å². The summed E-state index contributed by atoms with van der Waals surface area (Å²) in [6.45, 7) is 10.8. The van der Waals surface area contributed by atoms with Gasteiger partial charge in [-0.1, -0.05) is 94.5 Å². The van der Waals surface area contributed by atoms with E-state index in [-0.39, 0.29) is 17.4 Å². The van der Waals surface area contributed by atoms with Crippen molar-refractivity contribution in [2.75, 3.05) is 0 Å². The maximum atomic E-state index is 13.2. The van der Waals surface area contributed by atoms with Crippen LogP contribution in [0, 0.1) is 11.5 Å². The molecule has 0 unspecified atom stereocenters. The van der Waals surface area contributed by atoms with Crippen LogP contribution < -0.4 is 5.32 Å². The van der Waals surface area contributed by atoms with Crippen LogP contribution in [0.3, 0.4) is 0 Å². The van der Waals surface area contributed by atoms with Crippen molar-refractivity contribution in [2.45, 2.75) is 57.3 Å². The monoisotopic (exact) mass is 421 g/mol. The molecule has 158 valence electrons. The molecule has 30 heavy (non-hydrogen) atoms. The maximum Gasteiger partial charge on any atom is 0.327 e. The highest BCUT2D eigenvalue weighted by Crippen LogP contribution is 2.35. The Bertz CT molecular complexity index is 882. The van der Waals surface area contributed by atoms with Crippen molar-refractivity contribution in [1.29, 1.82) is 0 Å². The van der Waals surface area contributed by atoms with Gasteiger partial charge in [0.15, 0.2) is 0 Å². The van der Waals surface area contributed by atoms with Crippen molar-refractivity contribution < 1.29 is 14.7 Å². The van der Waals surface area contributed by atoms with Gasteiger partial charge in [-0.05, 0) is 16.2 Å². The van der Waals surface area contributed by atoms with E-state index in [4.69, 9.17) is 0 Å². The zero-order chi connectivity index (χ0) is 22.4. The molecule has 0 spiro atoms. The van der Waals surface area contributed by atoms with E-state index in [9.17, 15) is 14.7 Å². The van der Waals surface area contributed by atoms with Crippen molar-refractivity contribution in [2.24, 2.45) is 0 Å². The number of benzene rings is 2. The van der Waals surface area contributed by atoms with Crippen LogP contribution in [-0.2, 0) is 9.59 Å². The molecule has 0 aliphatic heterocycles. The molecule has 2 aromatic rings. The Kier molecular flexibility index (Phi) is 7.63. The van der Waals surface area contributed by atoms with Gasteiger partial charge in [-0.25, -0.2) is 4.79 Å². The lowest BCUT2D eigenvalue weighted by atomic mass is 9.90. The SMILES string of the molecule is CC(C)(C)[Si](C)(C)C#CC[C@@H](NC(=O)C(c1ccccc1)c1ccccc1)C(=O)O. The third-order valence-electron chi connectivity index (χ3n) is 5.72. The van der Waals surface area contributed by atoms with E-state index in [2.05, 4.69) is 50.6 Å². The Balaban J connectivity index is 2.25. The van der Waals surface area contributed by atoms with E-state index in [1.807, 2.05) is 60.7 Å². The molecule has 4 nitrogen and oxygen atoms in total. The minimum absolute atomic E-state index is 0.0872. The van der Waals surface area contributed by atoms with Gasteiger partial charge in [-0.15, -0.1) is 11.5 Å². The largest absolute Gasteiger partial charge is 0.480 e. The first-order valence-corrected chi connectivity index (χ1v) is 13.2. The van der Waals surface area contributed by atoms with Crippen LogP contribution in [-0.4, -0.2) is 31.1 Å². The lowest BCUT2D eigenvalue weighted by Crippen LogP contribution is -2.43. The van der Waals surface area contributed by atoms with Crippen LogP contribution in [0.2, 0.25) is 18.1 Å². The lowest BCUT2D eigenvalue weighted by molar-refractivity contribution is -0.141. The lowest BCUT2D eigenvalue weighted by Gasteiger charge is -2.31. The van der Waals surface area contributed by atoms with Gasteiger partial charge in [-0.3, -0.25) is 4.79 Å². The molecule has 0 saturated carbocycles. The fourth-order valence-electron chi connectivity index (χ4n) is 2.80. The second-order valence-corrected chi connectivity index (χ2v) is 14.0. The molecule has 1 atom stereocenters. The van der Waals surface area contributed by atoms with Crippen molar-refractivity contribution >= 4 is 20.0 Å². The zero-order valence-electron chi connectivity index (χ0n) is 18.4. The quantitative estimate of drug-likeness (QED) is 0.519. The van der Waals surface area contributed by atoms with E-state index in [1.165, 1.54) is 0 Å². The van der Waals surface area contributed by atoms with E-state index >= 15 is 0 Å². The summed E-state index contributed by atoms with van der Waals surface area (Å²) >= 11 is 0. The summed E-state index contributed by atoms with van der Waals surface area (Å²) in [5, 5.41) is 12.5. The summed E-state index contributed by atoms with van der Waals surface area (Å²) in [4.78, 5) is 25.0. The van der Waals surface area contributed by atoms with Crippen LogP contribution in [0.5, 0.6) is 0 Å². The van der Waals surface area contributed by atoms with Gasteiger partial charge < -0.3 is 10.4 Å². The van der Waals surface area contributed by atoms with Gasteiger partial charge in [0.05, 0.1) is 5.92 Å². The second-order valence-electron chi connectivity index (χ2n) is 9.03. The molecule has 0 aromatic heterocycles. The zero-order valence-corrected chi connectivity index (χ0v) is 19.4. The summed E-state index contributed by atoms with van der Waals surface area (Å²) < 4.78 is 0. The molecule has 5 heteroatoms. The molecule has 0 radical (unpaired) electrons. The molecule has 0 aliphatic rings. The average molecular weight is 422 g/mol. The Labute approximate surface area is 180 Å². The van der Waals surface area contributed by atoms with Gasteiger partial charge in [0.2, 0.25) is 5.91 Å². The van der Waals surface area contributed by atoms with Gasteiger partial charge >= 0.3 is 5.97 Å². The number of hydrogen-bond acceptors (Lipinski definition) is 2. The number of rotatable bonds is 6. The summed E-state index contributed by atoms with van der Waals surface area (Å²) in [5.41, 5.74) is 4.96. The van der Waals surface area contributed by atoms with Crippen LogP contribution in [0.25, 0.3) is 0 Å². The van der Waals surface area contributed by atoms with E-state index < -0.39 is 26.0 Å². The maximum absolute atomic E-state index is 13.2. The minimum atomic E-state index is -1.84. The molecule has 1 amide bonds. The topological polar surface area (TPSA) is 66.4 Å². The number of nitrogens with one attached hydrogen (secondary N) is 1. The second kappa shape index (κ2) is 9.77. The van der Waals surface area contributed by atoms with Gasteiger partial charge in [0.1, 0.15) is 14.1 Å². The standard InChI is InChI=1S/C25H31NO3Si/c1-25(2,3)30(4,5)18-12-17-21(24(28)29)26-23(27)22(19-13-8-6-9-14-19)20-15-10-7-11-16-20/h6-11,13-16,21-22H,17H2,1-5H3,(H,26,27)(H,28,29)/t21-/m1/s1. The van der Waals surface area contributed by atoms with Crippen LogP contribution in [0.1, 0.15) is 44.2 Å². The third-order valence-corrected chi connectivity index (χ3v) is 10.3. The summed E-state index contributed by atoms with van der Waals surface area (Å²) in [7, 11) is -1.84. The van der Waals surface area contributed by atoms with E-state index in [1.54, 1.807) is 0 Å². The molecule has 0 heterocycles. The first-order chi connectivity index (χ1) is 14.0. The number of carboxylic acid groups (broad SMARTS) is 1. The summed E-state index contributed by atoms with van der Waals surface area (Å²) in [6.07, 6.45) is 0.0872. The molecule has 0 aliphatic carbocycles. The van der Waals surface area contributed by atoms with Gasteiger partial charge in [0.25, 0.3) is 0 Å². The predicted molar refractivity (Wildman–Crippen MR) is 124 cm³/mol. The van der Waals surface area contributed by atoms with Crippen molar-refractivity contribution in [1.82, 2.24) is 5.32 Å². The molecule has 2 rings (SSSR count). The van der Waals surface area contributed by atoms with Crippen LogP contribution in [0.4, 0.5) is 0 Å². The van der Waals surface area contributed by atoms with Crippen LogP contribution in [0.15, 0.2) is 60.7 Å². The highest BCUT2D eigenvalue weighted by Gasteiger charge is 2.34. The molecule has 2 N–H and O–H groups in total. The van der Waals surface area contributed by atoms with Crippen molar-refractivity contribution in [3.63, 3.8) is 0 Å². The highest BCUT2D eigenvalue weighted by atomic mass is 28.3. The molecule has 0 saturated heterocycles. The summed E-state index contributed by atoms with van der Waals surface area (Å²) in [5.74, 6) is 1.06. The normalized spacial score (nSPS) is 12.6. The number of carbonyl (C=O) groups excluding carboxylic acids is 1. The number of carboxylic acids is 1. The van der Waals surface area contributed by atoms with Gasteiger partial charge in [-0.2, -0.15) is 0 Å². The Morgan fingerprint density at radius 2 is 1.43 bits per heavy atom. The molecule has 2 aromatic carbocycles. The average Bonchev–Trinajstić information content (AvgIpc) is 2.68. The molecular weight excluding hydrogens is 390 g/mol. The third kappa shape index (κ3) is 6.08. The number of hydrogen-bond donors (Lipinski definition) is 2. The van der Waals surface area contributed by atoms with E-state index in [0.29, 0.717) is 0 Å². The Hall–Kier alpha value is -2.84. The smallest absolute Gasteiger partial charge is 0.327 e. The minimum Gasteiger partial charge on any atom is -0.480 e. The highest BCUT2D eigenvalue weighted by molar-refractivity contribution is 6.87. The number of carbonyl (C=O) groups is 2.